The van der Waals surface area contributed by atoms with Gasteiger partial charge in [-0.05, 0) is 49.4 Å². The smallest absolute Gasteiger partial charge is 0.340 e. The van der Waals surface area contributed by atoms with E-state index >= 15 is 0 Å². The van der Waals surface area contributed by atoms with Crippen LogP contribution in [0.25, 0.3) is 16.8 Å². The zero-order valence-corrected chi connectivity index (χ0v) is 19.1. The summed E-state index contributed by atoms with van der Waals surface area (Å²) in [4.78, 5) is 26.1. The largest absolute Gasteiger partial charge is 0.497 e. The van der Waals surface area contributed by atoms with Gasteiger partial charge in [-0.2, -0.15) is 5.10 Å². The molecule has 4 aromatic rings. The van der Waals surface area contributed by atoms with E-state index in [4.69, 9.17) is 25.8 Å². The number of benzene rings is 2. The van der Waals surface area contributed by atoms with Gasteiger partial charge in [0.15, 0.2) is 0 Å². The van der Waals surface area contributed by atoms with E-state index in [2.05, 4.69) is 5.10 Å². The molecule has 7 nitrogen and oxygen atoms in total. The maximum absolute atomic E-state index is 13.5. The van der Waals surface area contributed by atoms with E-state index in [9.17, 15) is 9.59 Å². The van der Waals surface area contributed by atoms with Gasteiger partial charge in [0.05, 0.1) is 37.6 Å². The van der Waals surface area contributed by atoms with Gasteiger partial charge in [0.2, 0.25) is 5.78 Å². The fourth-order valence-electron chi connectivity index (χ4n) is 3.48. The third-order valence-electron chi connectivity index (χ3n) is 5.10. The molecule has 0 unspecified atom stereocenters. The van der Waals surface area contributed by atoms with Crippen LogP contribution in [0, 0.1) is 0 Å². The van der Waals surface area contributed by atoms with Crippen molar-refractivity contribution in [3.8, 4) is 22.8 Å². The summed E-state index contributed by atoms with van der Waals surface area (Å²) in [7, 11) is 3.02. The average Bonchev–Trinajstić information content (AvgIpc) is 3.22. The molecule has 0 bridgehead atoms. The van der Waals surface area contributed by atoms with Gasteiger partial charge in [0, 0.05) is 22.2 Å². The Morgan fingerprint density at radius 1 is 0.939 bits per heavy atom. The van der Waals surface area contributed by atoms with E-state index in [1.54, 1.807) is 49.4 Å². The van der Waals surface area contributed by atoms with Gasteiger partial charge in [-0.25, -0.2) is 9.31 Å². The van der Waals surface area contributed by atoms with Crippen LogP contribution in [-0.2, 0) is 4.74 Å². The average molecular weight is 465 g/mol. The first-order valence-corrected chi connectivity index (χ1v) is 10.6. The fraction of sp³-hybridized carbons (Fsp3) is 0.160. The summed E-state index contributed by atoms with van der Waals surface area (Å²) in [6.45, 7) is 1.93. The Kier molecular flexibility index (Phi) is 6.33. The lowest BCUT2D eigenvalue weighted by Crippen LogP contribution is -2.08. The van der Waals surface area contributed by atoms with Crippen LogP contribution in [0.2, 0.25) is 5.02 Å². The van der Waals surface area contributed by atoms with Crippen molar-refractivity contribution >= 4 is 28.9 Å². The molecule has 4 rings (SSSR count). The maximum atomic E-state index is 13.5. The van der Waals surface area contributed by atoms with Crippen LogP contribution in [0.5, 0.6) is 11.5 Å². The zero-order chi connectivity index (χ0) is 23.5. The van der Waals surface area contributed by atoms with Gasteiger partial charge < -0.3 is 14.2 Å². The van der Waals surface area contributed by atoms with Gasteiger partial charge in [-0.1, -0.05) is 23.7 Å². The van der Waals surface area contributed by atoms with Crippen molar-refractivity contribution in [3.63, 3.8) is 0 Å². The highest BCUT2D eigenvalue weighted by Gasteiger charge is 2.23. The fourth-order valence-corrected chi connectivity index (χ4v) is 3.60. The van der Waals surface area contributed by atoms with Crippen LogP contribution < -0.4 is 9.47 Å². The van der Waals surface area contributed by atoms with Crippen molar-refractivity contribution in [2.24, 2.45) is 0 Å². The Bertz CT molecular complexity index is 1320. The first-order chi connectivity index (χ1) is 15.9. The highest BCUT2D eigenvalue weighted by atomic mass is 35.5. The molecule has 0 fully saturated rings. The van der Waals surface area contributed by atoms with Gasteiger partial charge in [-0.3, -0.25) is 4.79 Å². The lowest BCUT2D eigenvalue weighted by atomic mass is 10.1. The Morgan fingerprint density at radius 2 is 1.61 bits per heavy atom. The van der Waals surface area contributed by atoms with Crippen LogP contribution in [-0.4, -0.2) is 42.2 Å². The standard InChI is InChI=1S/C25H21ClN2O5/c1-4-33-25(30)20-14-23(24(29)16-11-18(31-2)13-19(12-16)32-3)28-22(20)10-9-21(27-28)15-5-7-17(26)8-6-15/h5-14H,4H2,1-3H3. The number of fused-ring (bicyclic) bond motifs is 1. The third-order valence-corrected chi connectivity index (χ3v) is 5.35. The molecular weight excluding hydrogens is 444 g/mol. The summed E-state index contributed by atoms with van der Waals surface area (Å²) in [5, 5.41) is 5.26. The highest BCUT2D eigenvalue weighted by molar-refractivity contribution is 6.30. The second-order valence-corrected chi connectivity index (χ2v) is 7.55. The highest BCUT2D eigenvalue weighted by Crippen LogP contribution is 2.28. The number of rotatable bonds is 7. The molecule has 0 atom stereocenters. The number of hydrogen-bond donors (Lipinski definition) is 0. The number of ketones is 1. The molecule has 168 valence electrons. The molecule has 0 radical (unpaired) electrons. The minimum atomic E-state index is -0.529. The van der Waals surface area contributed by atoms with Crippen molar-refractivity contribution in [3.05, 3.63) is 82.5 Å². The number of nitrogens with zero attached hydrogens (tertiary/aromatic N) is 2. The minimum absolute atomic E-state index is 0.208. The molecule has 0 aliphatic heterocycles. The maximum Gasteiger partial charge on any atom is 0.340 e. The van der Waals surface area contributed by atoms with Gasteiger partial charge in [0.1, 0.15) is 17.2 Å². The molecule has 0 N–H and O–H groups in total. The molecule has 0 saturated heterocycles. The summed E-state index contributed by atoms with van der Waals surface area (Å²) in [5.74, 6) is 0.0646. The normalized spacial score (nSPS) is 10.8. The molecule has 0 aliphatic carbocycles. The molecule has 8 heteroatoms. The van der Waals surface area contributed by atoms with E-state index in [1.807, 2.05) is 12.1 Å². The molecule has 33 heavy (non-hydrogen) atoms. The summed E-state index contributed by atoms with van der Waals surface area (Å²) in [6.07, 6.45) is 0. The molecule has 0 amide bonds. The molecule has 0 spiro atoms. The van der Waals surface area contributed by atoms with Crippen molar-refractivity contribution in [2.45, 2.75) is 6.92 Å². The monoisotopic (exact) mass is 464 g/mol. The van der Waals surface area contributed by atoms with Gasteiger partial charge in [0.25, 0.3) is 0 Å². The van der Waals surface area contributed by atoms with E-state index in [0.717, 1.165) is 5.56 Å². The first kappa shape index (κ1) is 22.4. The quantitative estimate of drug-likeness (QED) is 0.280. The summed E-state index contributed by atoms with van der Waals surface area (Å²) in [5.41, 5.74) is 2.69. The van der Waals surface area contributed by atoms with Crippen LogP contribution in [0.1, 0.15) is 33.3 Å². The number of esters is 1. The Balaban J connectivity index is 1.90. The minimum Gasteiger partial charge on any atom is -0.497 e. The molecular formula is C25H21ClN2O5. The Morgan fingerprint density at radius 3 is 2.21 bits per heavy atom. The second kappa shape index (κ2) is 9.34. The van der Waals surface area contributed by atoms with E-state index < -0.39 is 5.97 Å². The van der Waals surface area contributed by atoms with Crippen molar-refractivity contribution in [1.29, 1.82) is 0 Å². The van der Waals surface area contributed by atoms with E-state index in [1.165, 1.54) is 24.8 Å². The summed E-state index contributed by atoms with van der Waals surface area (Å²) in [6, 6.07) is 17.1. The Hall–Kier alpha value is -3.84. The number of carbonyl (C=O) groups is 2. The van der Waals surface area contributed by atoms with Crippen molar-refractivity contribution < 1.29 is 23.8 Å². The van der Waals surface area contributed by atoms with Gasteiger partial charge >= 0.3 is 5.97 Å². The predicted octanol–water partition coefficient (Wildman–Crippen LogP) is 5.08. The number of ether oxygens (including phenoxy) is 3. The van der Waals surface area contributed by atoms with Crippen LogP contribution in [0.4, 0.5) is 0 Å². The zero-order valence-electron chi connectivity index (χ0n) is 18.3. The molecule has 0 saturated carbocycles. The summed E-state index contributed by atoms with van der Waals surface area (Å²) >= 11 is 6.00. The molecule has 2 aromatic heterocycles. The van der Waals surface area contributed by atoms with Crippen molar-refractivity contribution in [1.82, 2.24) is 9.61 Å². The Labute approximate surface area is 195 Å². The molecule has 0 aliphatic rings. The van der Waals surface area contributed by atoms with E-state index in [0.29, 0.717) is 33.3 Å². The predicted molar refractivity (Wildman–Crippen MR) is 125 cm³/mol. The lowest BCUT2D eigenvalue weighted by molar-refractivity contribution is 0.0528. The second-order valence-electron chi connectivity index (χ2n) is 7.12. The number of methoxy groups -OCH3 is 2. The third kappa shape index (κ3) is 4.40. The number of hydrogen-bond acceptors (Lipinski definition) is 6. The van der Waals surface area contributed by atoms with Crippen LogP contribution in [0.3, 0.4) is 0 Å². The van der Waals surface area contributed by atoms with Crippen molar-refractivity contribution in [2.75, 3.05) is 20.8 Å². The van der Waals surface area contributed by atoms with E-state index in [-0.39, 0.29) is 23.6 Å². The number of halogens is 1. The summed E-state index contributed by atoms with van der Waals surface area (Å²) < 4.78 is 17.2. The number of aromatic nitrogens is 2. The first-order valence-electron chi connectivity index (χ1n) is 10.2. The number of carbonyl (C=O) groups excluding carboxylic acids is 2. The van der Waals surface area contributed by atoms with Crippen LogP contribution >= 0.6 is 11.6 Å². The SMILES string of the molecule is CCOC(=O)c1cc(C(=O)c2cc(OC)cc(OC)c2)n2nc(-c3ccc(Cl)cc3)ccc12. The topological polar surface area (TPSA) is 79.1 Å². The molecule has 2 heterocycles. The lowest BCUT2D eigenvalue weighted by Gasteiger charge is -2.09. The van der Waals surface area contributed by atoms with Gasteiger partial charge in [-0.15, -0.1) is 0 Å². The molecule has 2 aromatic carbocycles. The van der Waals surface area contributed by atoms with Crippen LogP contribution in [0.15, 0.2) is 60.7 Å².